The average Bonchev–Trinajstić information content (AvgIpc) is 3.05. The summed E-state index contributed by atoms with van der Waals surface area (Å²) in [5, 5.41) is 0. The second-order valence-electron chi connectivity index (χ2n) is 8.80. The molecule has 0 unspecified atom stereocenters. The van der Waals surface area contributed by atoms with E-state index in [1.165, 1.54) is 0 Å². The minimum Gasteiger partial charge on any atom is -0.493 e. The van der Waals surface area contributed by atoms with Gasteiger partial charge in [0.1, 0.15) is 5.75 Å². The van der Waals surface area contributed by atoms with Gasteiger partial charge in [-0.15, -0.1) is 0 Å². The molecule has 0 heterocycles. The van der Waals surface area contributed by atoms with Crippen molar-refractivity contribution in [2.75, 3.05) is 19.8 Å². The number of aliphatic imine (C=N–C) groups is 1. The molecule has 3 aromatic rings. The molecule has 0 saturated carbocycles. The van der Waals surface area contributed by atoms with Gasteiger partial charge in [0.05, 0.1) is 25.5 Å². The van der Waals surface area contributed by atoms with Crippen LogP contribution in [-0.2, 0) is 19.1 Å². The highest BCUT2D eigenvalue weighted by Gasteiger charge is 1.98. The van der Waals surface area contributed by atoms with E-state index < -0.39 is 11.9 Å². The number of ether oxygens (including phenoxy) is 3. The molecule has 0 fully saturated rings. The molecule has 3 rings (SSSR count). The van der Waals surface area contributed by atoms with Crippen molar-refractivity contribution in [1.29, 1.82) is 0 Å². The Balaban J connectivity index is 1.42. The smallest absolute Gasteiger partial charge is 0.330 e. The fourth-order valence-electron chi connectivity index (χ4n) is 3.31. The number of rotatable bonds is 12. The summed E-state index contributed by atoms with van der Waals surface area (Å²) < 4.78 is 15.5. The SMILES string of the molecule is C=CC(=O)OCCCC=Nc1ccc(C#Cc2ccc(C#CC#Cc3ccc(OCCCOC(=O)C=C)cc3)cc2)cc1. The van der Waals surface area contributed by atoms with E-state index in [0.29, 0.717) is 32.5 Å². The Kier molecular flexibility index (Phi) is 13.7. The quantitative estimate of drug-likeness (QED) is 0.0854. The van der Waals surface area contributed by atoms with Gasteiger partial charge in [-0.05, 0) is 97.5 Å². The van der Waals surface area contributed by atoms with Crippen LogP contribution in [0.2, 0.25) is 0 Å². The molecule has 3 aromatic carbocycles. The predicted octanol–water partition coefficient (Wildman–Crippen LogP) is 6.20. The van der Waals surface area contributed by atoms with Crippen molar-refractivity contribution in [3.63, 3.8) is 0 Å². The molecule has 0 N–H and O–H groups in total. The molecule has 0 aliphatic heterocycles. The van der Waals surface area contributed by atoms with Crippen molar-refractivity contribution in [3.05, 3.63) is 120 Å². The van der Waals surface area contributed by atoms with E-state index in [-0.39, 0.29) is 6.61 Å². The number of carbonyl (C=O) groups excluding carboxylic acids is 2. The lowest BCUT2D eigenvalue weighted by atomic mass is 10.1. The zero-order chi connectivity index (χ0) is 30.5. The standard InChI is InChI=1S/C37H31NO5/c1-3-36(39)42-27-8-7-26-38-34-22-18-33(19-23-34)17-16-32-14-12-30(13-15-32)10-5-6-11-31-20-24-35(25-21-31)41-28-9-29-43-37(40)4-2/h3-4,12-15,18-26H,1-2,7-9,27-29H2. The maximum atomic E-state index is 11.0. The third-order valence-electron chi connectivity index (χ3n) is 5.53. The molecule has 0 saturated heterocycles. The van der Waals surface area contributed by atoms with E-state index in [1.54, 1.807) is 0 Å². The Bertz CT molecular complexity index is 1600. The molecule has 0 aliphatic carbocycles. The molecule has 6 heteroatoms. The van der Waals surface area contributed by atoms with Gasteiger partial charge in [0, 0.05) is 47.0 Å². The fourth-order valence-corrected chi connectivity index (χ4v) is 3.31. The van der Waals surface area contributed by atoms with Gasteiger partial charge in [0.15, 0.2) is 0 Å². The first kappa shape index (κ1) is 31.8. The average molecular weight is 570 g/mol. The largest absolute Gasteiger partial charge is 0.493 e. The lowest BCUT2D eigenvalue weighted by Gasteiger charge is -2.06. The van der Waals surface area contributed by atoms with E-state index in [4.69, 9.17) is 14.2 Å². The van der Waals surface area contributed by atoms with E-state index in [0.717, 1.165) is 45.8 Å². The molecule has 0 radical (unpaired) electrons. The Morgan fingerprint density at radius 2 is 1.09 bits per heavy atom. The lowest BCUT2D eigenvalue weighted by molar-refractivity contribution is -0.138. The molecule has 6 nitrogen and oxygen atoms in total. The highest BCUT2D eigenvalue weighted by molar-refractivity contribution is 5.81. The van der Waals surface area contributed by atoms with Crippen LogP contribution in [-0.4, -0.2) is 38.0 Å². The third kappa shape index (κ3) is 13.0. The van der Waals surface area contributed by atoms with Gasteiger partial charge in [-0.2, -0.15) is 0 Å². The van der Waals surface area contributed by atoms with Crippen molar-refractivity contribution < 1.29 is 23.8 Å². The van der Waals surface area contributed by atoms with Crippen molar-refractivity contribution in [3.8, 4) is 41.3 Å². The first-order chi connectivity index (χ1) is 21.1. The molecular weight excluding hydrogens is 538 g/mol. The van der Waals surface area contributed by atoms with Crippen LogP contribution in [0.3, 0.4) is 0 Å². The van der Waals surface area contributed by atoms with Gasteiger partial charge in [-0.1, -0.05) is 36.8 Å². The van der Waals surface area contributed by atoms with Gasteiger partial charge in [-0.3, -0.25) is 4.99 Å². The number of hydrogen-bond acceptors (Lipinski definition) is 6. The highest BCUT2D eigenvalue weighted by atomic mass is 16.5. The van der Waals surface area contributed by atoms with E-state index in [2.05, 4.69) is 53.7 Å². The number of hydrogen-bond donors (Lipinski definition) is 0. The molecule has 0 aliphatic rings. The van der Waals surface area contributed by atoms with Crippen LogP contribution in [0.4, 0.5) is 5.69 Å². The summed E-state index contributed by atoms with van der Waals surface area (Å²) in [6.45, 7) is 7.79. The number of nitrogens with zero attached hydrogens (tertiary/aromatic N) is 1. The Morgan fingerprint density at radius 3 is 1.63 bits per heavy atom. The number of benzene rings is 3. The molecule has 0 bridgehead atoms. The van der Waals surface area contributed by atoms with E-state index in [9.17, 15) is 9.59 Å². The van der Waals surface area contributed by atoms with Gasteiger partial charge in [0.25, 0.3) is 0 Å². The molecule has 0 aromatic heterocycles. The third-order valence-corrected chi connectivity index (χ3v) is 5.53. The van der Waals surface area contributed by atoms with Crippen LogP contribution in [0.25, 0.3) is 0 Å². The maximum Gasteiger partial charge on any atom is 0.330 e. The second-order valence-corrected chi connectivity index (χ2v) is 8.80. The van der Waals surface area contributed by atoms with Crippen LogP contribution in [0, 0.1) is 35.5 Å². The molecular formula is C37H31NO5. The Hall–Kier alpha value is -5.77. The minimum absolute atomic E-state index is 0.288. The molecule has 0 atom stereocenters. The van der Waals surface area contributed by atoms with Crippen LogP contribution in [0.1, 0.15) is 41.5 Å². The summed E-state index contributed by atoms with van der Waals surface area (Å²) in [5.41, 5.74) is 4.29. The monoisotopic (exact) mass is 569 g/mol. The molecule has 0 amide bonds. The molecule has 43 heavy (non-hydrogen) atoms. The Labute approximate surface area is 253 Å². The summed E-state index contributed by atoms with van der Waals surface area (Å²) in [5.74, 6) is 18.0. The molecule has 0 spiro atoms. The van der Waals surface area contributed by atoms with Crippen LogP contribution in [0.15, 0.2) is 103 Å². The number of unbranched alkanes of at least 4 members (excludes halogenated alkanes) is 1. The van der Waals surface area contributed by atoms with Crippen molar-refractivity contribution in [1.82, 2.24) is 0 Å². The summed E-state index contributed by atoms with van der Waals surface area (Å²) in [6.07, 6.45) is 6.11. The Morgan fingerprint density at radius 1 is 0.628 bits per heavy atom. The number of esters is 2. The van der Waals surface area contributed by atoms with Crippen molar-refractivity contribution in [2.24, 2.45) is 4.99 Å². The summed E-state index contributed by atoms with van der Waals surface area (Å²) in [6, 6.07) is 22.8. The fraction of sp³-hybridized carbons (Fsp3) is 0.162. The van der Waals surface area contributed by atoms with Crippen LogP contribution < -0.4 is 4.74 Å². The first-order valence-corrected chi connectivity index (χ1v) is 13.6. The first-order valence-electron chi connectivity index (χ1n) is 13.6. The summed E-state index contributed by atoms with van der Waals surface area (Å²) in [4.78, 5) is 26.4. The maximum absolute atomic E-state index is 11.0. The predicted molar refractivity (Wildman–Crippen MR) is 169 cm³/mol. The van der Waals surface area contributed by atoms with Crippen LogP contribution >= 0.6 is 0 Å². The highest BCUT2D eigenvalue weighted by Crippen LogP contribution is 2.13. The van der Waals surface area contributed by atoms with E-state index >= 15 is 0 Å². The summed E-state index contributed by atoms with van der Waals surface area (Å²) in [7, 11) is 0. The second kappa shape index (κ2) is 18.6. The van der Waals surface area contributed by atoms with E-state index in [1.807, 2.05) is 79.0 Å². The lowest BCUT2D eigenvalue weighted by Crippen LogP contribution is -2.06. The van der Waals surface area contributed by atoms with Gasteiger partial charge >= 0.3 is 11.9 Å². The topological polar surface area (TPSA) is 74.2 Å². The normalized spacial score (nSPS) is 9.67. The van der Waals surface area contributed by atoms with Crippen molar-refractivity contribution >= 4 is 23.8 Å². The minimum atomic E-state index is -0.435. The van der Waals surface area contributed by atoms with Gasteiger partial charge in [0.2, 0.25) is 0 Å². The zero-order valence-electron chi connectivity index (χ0n) is 23.8. The molecule has 214 valence electrons. The van der Waals surface area contributed by atoms with Crippen molar-refractivity contribution in [2.45, 2.75) is 19.3 Å². The van der Waals surface area contributed by atoms with Gasteiger partial charge < -0.3 is 14.2 Å². The van der Waals surface area contributed by atoms with Crippen LogP contribution in [0.5, 0.6) is 5.75 Å². The zero-order valence-corrected chi connectivity index (χ0v) is 23.8. The van der Waals surface area contributed by atoms with Gasteiger partial charge in [-0.25, -0.2) is 9.59 Å². The summed E-state index contributed by atoms with van der Waals surface area (Å²) >= 11 is 0. The number of carbonyl (C=O) groups is 2.